The molecule has 0 aromatic heterocycles. The monoisotopic (exact) mass is 341 g/mol. The van der Waals surface area contributed by atoms with Crippen LogP contribution in [0.4, 0.5) is 0 Å². The van der Waals surface area contributed by atoms with E-state index in [2.05, 4.69) is 4.90 Å². The predicted molar refractivity (Wildman–Crippen MR) is 75.5 cm³/mol. The van der Waals surface area contributed by atoms with E-state index in [0.717, 1.165) is 4.32 Å². The summed E-state index contributed by atoms with van der Waals surface area (Å²) in [5.41, 5.74) is 0. The molecule has 17 heavy (non-hydrogen) atoms. The van der Waals surface area contributed by atoms with Crippen LogP contribution in [0.2, 0.25) is 0 Å². The van der Waals surface area contributed by atoms with Gasteiger partial charge in [0.25, 0.3) is 0 Å². The number of hydrogen-bond acceptors (Lipinski definition) is 2. The van der Waals surface area contributed by atoms with Crippen LogP contribution in [0.25, 0.3) is 0 Å². The average molecular weight is 342 g/mol. The summed E-state index contributed by atoms with van der Waals surface area (Å²) in [5.74, 6) is 0. The van der Waals surface area contributed by atoms with E-state index in [4.69, 9.17) is 24.8 Å². The molecule has 0 amide bonds. The molecule has 0 heterocycles. The van der Waals surface area contributed by atoms with E-state index in [1.165, 1.54) is 64.2 Å². The van der Waals surface area contributed by atoms with Crippen LogP contribution >= 0.6 is 12.2 Å². The minimum atomic E-state index is 0. The maximum absolute atomic E-state index is 5.32. The molecule has 2 rings (SSSR count). The molecule has 1 nitrogen and oxygen atoms in total. The smallest absolute Gasteiger partial charge is 0.411 e. The van der Waals surface area contributed by atoms with Crippen LogP contribution in [0, 0.1) is 0 Å². The van der Waals surface area contributed by atoms with E-state index in [1.807, 2.05) is 0 Å². The second-order valence-electron chi connectivity index (χ2n) is 5.26. The van der Waals surface area contributed by atoms with E-state index >= 15 is 0 Å². The fraction of sp³-hybridized carbons (Fsp3) is 0.923. The molecule has 0 N–H and O–H groups in total. The summed E-state index contributed by atoms with van der Waals surface area (Å²) >= 11 is 10.6. The zero-order valence-corrected chi connectivity index (χ0v) is 17.5. The van der Waals surface area contributed by atoms with E-state index in [9.17, 15) is 0 Å². The summed E-state index contributed by atoms with van der Waals surface area (Å²) in [4.78, 5) is 2.43. The van der Waals surface area contributed by atoms with Crippen LogP contribution < -0.4 is 58.2 Å². The number of thiocarbonyl (C=S) groups is 1. The van der Waals surface area contributed by atoms with Gasteiger partial charge in [-0.05, 0) is 25.7 Å². The van der Waals surface area contributed by atoms with Gasteiger partial charge in [0, 0.05) is 12.1 Å². The molecule has 0 aromatic rings. The van der Waals surface area contributed by atoms with Gasteiger partial charge in [0.2, 0.25) is 0 Å². The summed E-state index contributed by atoms with van der Waals surface area (Å²) in [6, 6.07) is 1.34. The Hall–Kier alpha value is 1.92. The number of nitrogens with zero attached hydrogens (tertiary/aromatic N) is 1. The molecule has 2 aliphatic carbocycles. The van der Waals surface area contributed by atoms with Crippen LogP contribution in [-0.2, 0) is 12.6 Å². The molecule has 0 radical (unpaired) electrons. The molecule has 0 aliphatic heterocycles. The zero-order valence-electron chi connectivity index (χ0n) is 11.0. The van der Waals surface area contributed by atoms with Crippen LogP contribution in [-0.4, -0.2) is 21.3 Å². The molecule has 0 atom stereocenters. The van der Waals surface area contributed by atoms with Gasteiger partial charge in [-0.15, -0.1) is 0 Å². The second kappa shape index (κ2) is 8.96. The molecule has 2 fully saturated rings. The standard InChI is InChI=1S/C13H23NS2.Rb/c15-13(16)14(11-7-3-1-4-8-11)12-9-5-2-6-10-12;/h11-12H,1-10H2,(H,15,16);/q;+1/p-1. The van der Waals surface area contributed by atoms with Crippen molar-refractivity contribution in [1.82, 2.24) is 4.90 Å². The zero-order chi connectivity index (χ0) is 11.4. The summed E-state index contributed by atoms with van der Waals surface area (Å²) in [6.45, 7) is 0. The Morgan fingerprint density at radius 2 is 1.18 bits per heavy atom. The van der Waals surface area contributed by atoms with Crippen molar-refractivity contribution in [3.8, 4) is 0 Å². The fourth-order valence-corrected chi connectivity index (χ4v) is 3.91. The first-order valence-electron chi connectivity index (χ1n) is 6.78. The fourth-order valence-electron chi connectivity index (χ4n) is 3.31. The van der Waals surface area contributed by atoms with Crippen molar-refractivity contribution >= 4 is 29.2 Å². The first-order valence-corrected chi connectivity index (χ1v) is 7.60. The average Bonchev–Trinajstić information content (AvgIpc) is 2.31. The molecular formula is C13H22NRbS2. The second-order valence-corrected chi connectivity index (χ2v) is 6.29. The van der Waals surface area contributed by atoms with Gasteiger partial charge in [-0.3, -0.25) is 0 Å². The summed E-state index contributed by atoms with van der Waals surface area (Å²) in [5, 5.41) is 0. The Labute approximate surface area is 166 Å². The number of rotatable bonds is 2. The Morgan fingerprint density at radius 3 is 1.47 bits per heavy atom. The Morgan fingerprint density at radius 1 is 0.824 bits per heavy atom. The van der Waals surface area contributed by atoms with Crippen LogP contribution in [0.5, 0.6) is 0 Å². The molecule has 92 valence electrons. The molecule has 2 saturated carbocycles. The first kappa shape index (κ1) is 17.0. The largest absolute Gasteiger partial charge is 1.00 e. The Balaban J connectivity index is 0.00000144. The SMILES string of the molecule is S=C([S-])N(C1CCCCC1)C1CCCCC1.[Rb+]. The third kappa shape index (κ3) is 5.07. The van der Waals surface area contributed by atoms with Crippen molar-refractivity contribution in [2.75, 3.05) is 0 Å². The molecule has 0 aromatic carbocycles. The molecule has 0 unspecified atom stereocenters. The van der Waals surface area contributed by atoms with E-state index in [1.54, 1.807) is 0 Å². The van der Waals surface area contributed by atoms with E-state index in [0.29, 0.717) is 12.1 Å². The van der Waals surface area contributed by atoms with Gasteiger partial charge in [-0.1, -0.05) is 42.8 Å². The molecule has 4 heteroatoms. The van der Waals surface area contributed by atoms with E-state index < -0.39 is 0 Å². The minimum absolute atomic E-state index is 0. The van der Waals surface area contributed by atoms with Gasteiger partial charge < -0.3 is 29.7 Å². The molecule has 0 bridgehead atoms. The van der Waals surface area contributed by atoms with Crippen molar-refractivity contribution in [3.63, 3.8) is 0 Å². The van der Waals surface area contributed by atoms with Crippen molar-refractivity contribution in [2.24, 2.45) is 0 Å². The minimum Gasteiger partial charge on any atom is -0.411 e. The van der Waals surface area contributed by atoms with Gasteiger partial charge in [0.15, 0.2) is 0 Å². The van der Waals surface area contributed by atoms with Gasteiger partial charge in [-0.2, -0.15) is 0 Å². The van der Waals surface area contributed by atoms with Crippen molar-refractivity contribution in [2.45, 2.75) is 76.3 Å². The third-order valence-electron chi connectivity index (χ3n) is 4.15. The topological polar surface area (TPSA) is 3.24 Å². The normalized spacial score (nSPS) is 22.8. The van der Waals surface area contributed by atoms with Gasteiger partial charge in [0.1, 0.15) is 0 Å². The maximum atomic E-state index is 5.32. The predicted octanol–water partition coefficient (Wildman–Crippen LogP) is 0.790. The molecular weight excluding hydrogens is 320 g/mol. The van der Waals surface area contributed by atoms with Crippen molar-refractivity contribution in [1.29, 1.82) is 0 Å². The summed E-state index contributed by atoms with van der Waals surface area (Å²) < 4.78 is 0.735. The summed E-state index contributed by atoms with van der Waals surface area (Å²) in [7, 11) is 0. The van der Waals surface area contributed by atoms with Crippen LogP contribution in [0.15, 0.2) is 0 Å². The van der Waals surface area contributed by atoms with Gasteiger partial charge in [0.05, 0.1) is 0 Å². The number of hydrogen-bond donors (Lipinski definition) is 0. The van der Waals surface area contributed by atoms with Gasteiger partial charge in [-0.25, -0.2) is 0 Å². The molecule has 2 aliphatic rings. The van der Waals surface area contributed by atoms with Crippen LogP contribution in [0.1, 0.15) is 64.2 Å². The van der Waals surface area contributed by atoms with Crippen molar-refractivity contribution in [3.05, 3.63) is 0 Å². The van der Waals surface area contributed by atoms with E-state index in [-0.39, 0.29) is 58.2 Å². The maximum Gasteiger partial charge on any atom is 1.00 e. The van der Waals surface area contributed by atoms with Gasteiger partial charge >= 0.3 is 58.2 Å². The summed E-state index contributed by atoms with van der Waals surface area (Å²) in [6.07, 6.45) is 13.5. The first-order chi connectivity index (χ1) is 7.79. The van der Waals surface area contributed by atoms with Crippen LogP contribution in [0.3, 0.4) is 0 Å². The Kier molecular flexibility index (Phi) is 8.95. The Bertz CT molecular complexity index is 218. The molecule has 0 spiro atoms. The quantitative estimate of drug-likeness (QED) is 0.540. The molecule has 0 saturated heterocycles. The third-order valence-corrected chi connectivity index (χ3v) is 4.57. The van der Waals surface area contributed by atoms with Crippen molar-refractivity contribution < 1.29 is 58.2 Å².